The van der Waals surface area contributed by atoms with Crippen molar-refractivity contribution in [2.24, 2.45) is 5.92 Å². The van der Waals surface area contributed by atoms with Gasteiger partial charge in [-0.2, -0.15) is 0 Å². The summed E-state index contributed by atoms with van der Waals surface area (Å²) in [6.45, 7) is 8.39. The molecule has 1 aliphatic rings. The molecule has 0 atom stereocenters. The average molecular weight is 353 g/mol. The molecule has 0 unspecified atom stereocenters. The van der Waals surface area contributed by atoms with Crippen LogP contribution in [-0.4, -0.2) is 30.6 Å². The molecule has 1 aromatic carbocycles. The van der Waals surface area contributed by atoms with Crippen LogP contribution < -0.4 is 15.0 Å². The lowest BCUT2D eigenvalue weighted by molar-refractivity contribution is -0.118. The molecule has 0 spiro atoms. The van der Waals surface area contributed by atoms with Crippen molar-refractivity contribution in [2.45, 2.75) is 33.6 Å². The van der Waals surface area contributed by atoms with Gasteiger partial charge in [0, 0.05) is 13.1 Å². The van der Waals surface area contributed by atoms with Gasteiger partial charge in [-0.25, -0.2) is 4.98 Å². The molecule has 1 saturated heterocycles. The number of nitrogens with one attached hydrogen (secondary N) is 1. The Morgan fingerprint density at radius 2 is 2.00 bits per heavy atom. The van der Waals surface area contributed by atoms with E-state index >= 15 is 0 Å². The van der Waals surface area contributed by atoms with Gasteiger partial charge in [0.2, 0.25) is 0 Å². The first-order chi connectivity index (χ1) is 12.5. The minimum Gasteiger partial charge on any atom is -0.483 e. The number of pyridine rings is 1. The number of amides is 1. The number of carbonyl (C=O) groups excluding carboxylic acids is 1. The van der Waals surface area contributed by atoms with E-state index in [2.05, 4.69) is 22.1 Å². The Morgan fingerprint density at radius 3 is 2.69 bits per heavy atom. The van der Waals surface area contributed by atoms with E-state index < -0.39 is 0 Å². The second kappa shape index (κ2) is 8.21. The summed E-state index contributed by atoms with van der Waals surface area (Å²) in [5, 5.41) is 2.84. The third kappa shape index (κ3) is 4.54. The van der Waals surface area contributed by atoms with Crippen LogP contribution in [0.15, 0.2) is 36.5 Å². The molecule has 0 radical (unpaired) electrons. The molecule has 0 bridgehead atoms. The maximum absolute atomic E-state index is 12.1. The van der Waals surface area contributed by atoms with Gasteiger partial charge in [-0.3, -0.25) is 4.79 Å². The van der Waals surface area contributed by atoms with Crippen LogP contribution in [0, 0.1) is 19.8 Å². The van der Waals surface area contributed by atoms with Crippen LogP contribution in [0.3, 0.4) is 0 Å². The van der Waals surface area contributed by atoms with Crippen molar-refractivity contribution in [1.82, 2.24) is 4.98 Å². The number of aryl methyl sites for hydroxylation is 1. The number of ether oxygens (including phenoxy) is 1. The molecule has 1 fully saturated rings. The Morgan fingerprint density at radius 1 is 1.23 bits per heavy atom. The lowest BCUT2D eigenvalue weighted by Gasteiger charge is -2.31. The van der Waals surface area contributed by atoms with Crippen LogP contribution in [0.1, 0.15) is 30.9 Å². The molecule has 5 nitrogen and oxygen atoms in total. The molecule has 1 amide bonds. The van der Waals surface area contributed by atoms with Crippen LogP contribution >= 0.6 is 0 Å². The van der Waals surface area contributed by atoms with Crippen molar-refractivity contribution in [3.05, 3.63) is 47.7 Å². The molecule has 0 saturated carbocycles. The molecule has 1 aromatic heterocycles. The summed E-state index contributed by atoms with van der Waals surface area (Å²) in [4.78, 5) is 18.9. The van der Waals surface area contributed by atoms with Gasteiger partial charge < -0.3 is 15.0 Å². The first-order valence-electron chi connectivity index (χ1n) is 9.23. The minimum absolute atomic E-state index is 0.0178. The van der Waals surface area contributed by atoms with E-state index in [9.17, 15) is 4.79 Å². The molecule has 3 rings (SSSR count). The number of hydrogen-bond donors (Lipinski definition) is 1. The van der Waals surface area contributed by atoms with E-state index in [4.69, 9.17) is 4.74 Å². The van der Waals surface area contributed by atoms with E-state index in [1.807, 2.05) is 44.2 Å². The summed E-state index contributed by atoms with van der Waals surface area (Å²) < 4.78 is 5.64. The van der Waals surface area contributed by atoms with E-state index in [1.165, 1.54) is 12.8 Å². The Balaban J connectivity index is 1.52. The molecule has 5 heteroatoms. The zero-order valence-corrected chi connectivity index (χ0v) is 15.8. The zero-order valence-electron chi connectivity index (χ0n) is 15.8. The molecule has 1 N–H and O–H groups in total. The van der Waals surface area contributed by atoms with Crippen LogP contribution in [0.2, 0.25) is 0 Å². The Kier molecular flexibility index (Phi) is 5.76. The van der Waals surface area contributed by atoms with E-state index in [-0.39, 0.29) is 12.5 Å². The number of aromatic nitrogens is 1. The van der Waals surface area contributed by atoms with Crippen LogP contribution in [0.4, 0.5) is 11.5 Å². The fourth-order valence-corrected chi connectivity index (χ4v) is 3.11. The fraction of sp³-hybridized carbons (Fsp3) is 0.429. The van der Waals surface area contributed by atoms with Crippen molar-refractivity contribution < 1.29 is 9.53 Å². The molecule has 2 heterocycles. The summed E-state index contributed by atoms with van der Waals surface area (Å²) in [5.74, 6) is 2.32. The monoisotopic (exact) mass is 353 g/mol. The van der Waals surface area contributed by atoms with Crippen molar-refractivity contribution >= 4 is 17.4 Å². The van der Waals surface area contributed by atoms with Crippen molar-refractivity contribution in [3.8, 4) is 5.75 Å². The highest BCUT2D eigenvalue weighted by Gasteiger charge is 2.16. The standard InChI is InChI=1S/C21H27N3O2/c1-15-9-11-24(12-10-15)20-8-7-18(13-22-20)23-21(25)14-26-19-6-4-5-16(2)17(19)3/h4-8,13,15H,9-12,14H2,1-3H3,(H,23,25). The van der Waals surface area contributed by atoms with Gasteiger partial charge in [0.15, 0.2) is 6.61 Å². The van der Waals surface area contributed by atoms with Gasteiger partial charge in [0.05, 0.1) is 11.9 Å². The third-order valence-electron chi connectivity index (χ3n) is 5.05. The number of piperidine rings is 1. The van der Waals surface area contributed by atoms with Crippen LogP contribution in [0.25, 0.3) is 0 Å². The van der Waals surface area contributed by atoms with Crippen molar-refractivity contribution in [2.75, 3.05) is 29.9 Å². The molecule has 2 aromatic rings. The largest absolute Gasteiger partial charge is 0.483 e. The molecular formula is C21H27N3O2. The zero-order chi connectivity index (χ0) is 18.5. The SMILES string of the molecule is Cc1cccc(OCC(=O)Nc2ccc(N3CCC(C)CC3)nc2)c1C. The Hall–Kier alpha value is -2.56. The van der Waals surface area contributed by atoms with Gasteiger partial charge in [-0.15, -0.1) is 0 Å². The van der Waals surface area contributed by atoms with Gasteiger partial charge >= 0.3 is 0 Å². The Bertz CT molecular complexity index is 750. The van der Waals surface area contributed by atoms with E-state index in [0.717, 1.165) is 41.7 Å². The lowest BCUT2D eigenvalue weighted by Crippen LogP contribution is -2.33. The smallest absolute Gasteiger partial charge is 0.262 e. The Labute approximate surface area is 155 Å². The predicted octanol–water partition coefficient (Wildman–Crippen LogP) is 3.95. The highest BCUT2D eigenvalue weighted by Crippen LogP contribution is 2.22. The molecular weight excluding hydrogens is 326 g/mol. The lowest BCUT2D eigenvalue weighted by atomic mass is 9.99. The van der Waals surface area contributed by atoms with Gasteiger partial charge in [0.1, 0.15) is 11.6 Å². The summed E-state index contributed by atoms with van der Waals surface area (Å²) in [6, 6.07) is 9.71. The number of nitrogens with zero attached hydrogens (tertiary/aromatic N) is 2. The number of hydrogen-bond acceptors (Lipinski definition) is 4. The average Bonchev–Trinajstić information content (AvgIpc) is 2.64. The quantitative estimate of drug-likeness (QED) is 0.884. The first-order valence-corrected chi connectivity index (χ1v) is 9.23. The van der Waals surface area contributed by atoms with Gasteiger partial charge in [-0.05, 0) is 61.9 Å². The molecule has 0 aliphatic carbocycles. The number of carbonyl (C=O) groups is 1. The van der Waals surface area contributed by atoms with E-state index in [1.54, 1.807) is 6.20 Å². The van der Waals surface area contributed by atoms with Crippen LogP contribution in [-0.2, 0) is 4.79 Å². The van der Waals surface area contributed by atoms with Crippen molar-refractivity contribution in [1.29, 1.82) is 0 Å². The fourth-order valence-electron chi connectivity index (χ4n) is 3.11. The predicted molar refractivity (Wildman–Crippen MR) is 105 cm³/mol. The maximum Gasteiger partial charge on any atom is 0.262 e. The highest BCUT2D eigenvalue weighted by atomic mass is 16.5. The van der Waals surface area contributed by atoms with Crippen LogP contribution in [0.5, 0.6) is 5.75 Å². The maximum atomic E-state index is 12.1. The third-order valence-corrected chi connectivity index (χ3v) is 5.05. The minimum atomic E-state index is -0.188. The second-order valence-electron chi connectivity index (χ2n) is 7.11. The summed E-state index contributed by atoms with van der Waals surface area (Å²) in [5.41, 5.74) is 2.89. The normalized spacial score (nSPS) is 15.0. The van der Waals surface area contributed by atoms with E-state index in [0.29, 0.717) is 5.69 Å². The first kappa shape index (κ1) is 18.2. The van der Waals surface area contributed by atoms with Gasteiger partial charge in [-0.1, -0.05) is 19.1 Å². The topological polar surface area (TPSA) is 54.5 Å². The summed E-state index contributed by atoms with van der Waals surface area (Å²) >= 11 is 0. The molecule has 138 valence electrons. The highest BCUT2D eigenvalue weighted by molar-refractivity contribution is 5.91. The second-order valence-corrected chi connectivity index (χ2v) is 7.11. The molecule has 26 heavy (non-hydrogen) atoms. The van der Waals surface area contributed by atoms with Gasteiger partial charge in [0.25, 0.3) is 5.91 Å². The summed E-state index contributed by atoms with van der Waals surface area (Å²) in [6.07, 6.45) is 4.12. The summed E-state index contributed by atoms with van der Waals surface area (Å²) in [7, 11) is 0. The van der Waals surface area contributed by atoms with Crippen molar-refractivity contribution in [3.63, 3.8) is 0 Å². The molecule has 1 aliphatic heterocycles. The number of benzene rings is 1. The number of rotatable bonds is 5. The number of anilines is 2.